The van der Waals surface area contributed by atoms with Crippen LogP contribution in [0.3, 0.4) is 0 Å². The lowest BCUT2D eigenvalue weighted by atomic mass is 10.1. The molecule has 33 heavy (non-hydrogen) atoms. The first-order chi connectivity index (χ1) is 15.8. The molecule has 5 nitrogen and oxygen atoms in total. The topological polar surface area (TPSA) is 64.0 Å². The third kappa shape index (κ3) is 7.36. The van der Waals surface area contributed by atoms with Crippen molar-refractivity contribution < 1.29 is 4.79 Å². The van der Waals surface area contributed by atoms with Crippen LogP contribution in [0.2, 0.25) is 10.0 Å². The highest BCUT2D eigenvalue weighted by Crippen LogP contribution is 2.21. The van der Waals surface area contributed by atoms with Gasteiger partial charge in [-0.25, -0.2) is 4.98 Å². The van der Waals surface area contributed by atoms with Crippen LogP contribution in [0.5, 0.6) is 0 Å². The van der Waals surface area contributed by atoms with Crippen LogP contribution in [0.4, 0.5) is 0 Å². The first-order valence-corrected chi connectivity index (χ1v) is 12.5. The van der Waals surface area contributed by atoms with Crippen molar-refractivity contribution in [3.63, 3.8) is 0 Å². The summed E-state index contributed by atoms with van der Waals surface area (Å²) in [6.45, 7) is 2.40. The van der Waals surface area contributed by atoms with E-state index >= 15 is 0 Å². The Morgan fingerprint density at radius 2 is 1.91 bits per heavy atom. The lowest BCUT2D eigenvalue weighted by Gasteiger charge is -2.12. The normalized spacial score (nSPS) is 10.9. The standard InChI is InChI=1S/C25H27Cl2N3O2S/c1-17-21(15-18-7-4-3-5-8-18)24(32)30(2)25(29-17)33-14-6-9-23(31)28-13-12-19-10-11-20(26)16-22(19)27/h3-5,7-8,10-11,16H,6,9,12-15H2,1-2H3,(H,28,31). The van der Waals surface area contributed by atoms with Gasteiger partial charge in [-0.15, -0.1) is 0 Å². The highest BCUT2D eigenvalue weighted by Gasteiger charge is 2.13. The van der Waals surface area contributed by atoms with E-state index in [1.165, 1.54) is 11.8 Å². The summed E-state index contributed by atoms with van der Waals surface area (Å²) in [6.07, 6.45) is 2.33. The Balaban J connectivity index is 1.45. The van der Waals surface area contributed by atoms with Crippen LogP contribution in [-0.4, -0.2) is 27.8 Å². The number of nitrogens with one attached hydrogen (secondary N) is 1. The Morgan fingerprint density at radius 3 is 2.64 bits per heavy atom. The molecule has 0 fully saturated rings. The van der Waals surface area contributed by atoms with Crippen LogP contribution < -0.4 is 10.9 Å². The Hall–Kier alpha value is -2.28. The number of aryl methyl sites for hydroxylation is 1. The van der Waals surface area contributed by atoms with Crippen molar-refractivity contribution in [2.75, 3.05) is 12.3 Å². The van der Waals surface area contributed by atoms with Crippen LogP contribution in [0.25, 0.3) is 0 Å². The fourth-order valence-corrected chi connectivity index (χ4v) is 4.86. The lowest BCUT2D eigenvalue weighted by molar-refractivity contribution is -0.121. The zero-order valence-corrected chi connectivity index (χ0v) is 21.1. The molecular weight excluding hydrogens is 477 g/mol. The van der Waals surface area contributed by atoms with Gasteiger partial charge in [0.15, 0.2) is 5.16 Å². The van der Waals surface area contributed by atoms with Gasteiger partial charge < -0.3 is 5.32 Å². The number of benzene rings is 2. The monoisotopic (exact) mass is 503 g/mol. The largest absolute Gasteiger partial charge is 0.356 e. The molecule has 1 aromatic heterocycles. The molecule has 0 saturated heterocycles. The molecule has 1 N–H and O–H groups in total. The second-order valence-corrected chi connectivity index (χ2v) is 9.68. The fourth-order valence-electron chi connectivity index (χ4n) is 3.41. The van der Waals surface area contributed by atoms with E-state index in [2.05, 4.69) is 10.3 Å². The summed E-state index contributed by atoms with van der Waals surface area (Å²) in [5.41, 5.74) is 3.49. The summed E-state index contributed by atoms with van der Waals surface area (Å²) < 4.78 is 1.60. The zero-order valence-electron chi connectivity index (χ0n) is 18.7. The number of aromatic nitrogens is 2. The molecule has 3 aromatic rings. The van der Waals surface area contributed by atoms with Crippen molar-refractivity contribution >= 4 is 40.9 Å². The molecule has 8 heteroatoms. The van der Waals surface area contributed by atoms with Gasteiger partial charge in [-0.2, -0.15) is 0 Å². The maximum absolute atomic E-state index is 12.9. The van der Waals surface area contributed by atoms with E-state index in [0.29, 0.717) is 58.7 Å². The molecule has 0 aliphatic heterocycles. The van der Waals surface area contributed by atoms with Crippen molar-refractivity contribution in [1.29, 1.82) is 0 Å². The number of amides is 1. The van der Waals surface area contributed by atoms with Gasteiger partial charge in [0, 0.05) is 53.5 Å². The predicted octanol–water partition coefficient (Wildman–Crippen LogP) is 5.22. The smallest absolute Gasteiger partial charge is 0.257 e. The van der Waals surface area contributed by atoms with Gasteiger partial charge in [0.1, 0.15) is 0 Å². The number of hydrogen-bond donors (Lipinski definition) is 1. The van der Waals surface area contributed by atoms with E-state index in [-0.39, 0.29) is 11.5 Å². The van der Waals surface area contributed by atoms with E-state index in [1.807, 2.05) is 43.3 Å². The highest BCUT2D eigenvalue weighted by atomic mass is 35.5. The third-order valence-corrected chi connectivity index (χ3v) is 6.99. The van der Waals surface area contributed by atoms with Crippen molar-refractivity contribution in [3.05, 3.63) is 91.3 Å². The van der Waals surface area contributed by atoms with Gasteiger partial charge in [0.2, 0.25) is 5.91 Å². The Morgan fingerprint density at radius 1 is 1.15 bits per heavy atom. The summed E-state index contributed by atoms with van der Waals surface area (Å²) >= 11 is 13.6. The van der Waals surface area contributed by atoms with Gasteiger partial charge in [-0.05, 0) is 43.0 Å². The molecule has 0 spiro atoms. The first-order valence-electron chi connectivity index (χ1n) is 10.8. The molecular formula is C25H27Cl2N3O2S. The average Bonchev–Trinajstić information content (AvgIpc) is 2.79. The molecule has 0 radical (unpaired) electrons. The second-order valence-electron chi connectivity index (χ2n) is 7.77. The number of hydrogen-bond acceptors (Lipinski definition) is 4. The summed E-state index contributed by atoms with van der Waals surface area (Å²) in [7, 11) is 1.75. The molecule has 0 atom stereocenters. The van der Waals surface area contributed by atoms with Crippen molar-refractivity contribution in [2.45, 2.75) is 37.8 Å². The van der Waals surface area contributed by atoms with E-state index < -0.39 is 0 Å². The van der Waals surface area contributed by atoms with Crippen molar-refractivity contribution in [2.24, 2.45) is 7.05 Å². The zero-order chi connectivity index (χ0) is 23.8. The van der Waals surface area contributed by atoms with Gasteiger partial charge >= 0.3 is 0 Å². The van der Waals surface area contributed by atoms with E-state index in [1.54, 1.807) is 23.7 Å². The molecule has 0 bridgehead atoms. The summed E-state index contributed by atoms with van der Waals surface area (Å²) in [6, 6.07) is 15.3. The summed E-state index contributed by atoms with van der Waals surface area (Å²) in [4.78, 5) is 29.6. The number of carbonyl (C=O) groups is 1. The molecule has 3 rings (SSSR count). The SMILES string of the molecule is Cc1nc(SCCCC(=O)NCCc2ccc(Cl)cc2Cl)n(C)c(=O)c1Cc1ccccc1. The average molecular weight is 504 g/mol. The van der Waals surface area contributed by atoms with Gasteiger partial charge in [-0.3, -0.25) is 14.2 Å². The number of thioether (sulfide) groups is 1. The molecule has 1 amide bonds. The van der Waals surface area contributed by atoms with Crippen LogP contribution in [0, 0.1) is 6.92 Å². The van der Waals surface area contributed by atoms with Gasteiger partial charge in [0.25, 0.3) is 5.56 Å². The van der Waals surface area contributed by atoms with E-state index in [0.717, 1.165) is 16.8 Å². The maximum atomic E-state index is 12.9. The Kier molecular flexibility index (Phi) is 9.41. The van der Waals surface area contributed by atoms with E-state index in [9.17, 15) is 9.59 Å². The van der Waals surface area contributed by atoms with Crippen molar-refractivity contribution in [3.8, 4) is 0 Å². The maximum Gasteiger partial charge on any atom is 0.257 e. The number of halogens is 2. The molecule has 2 aromatic carbocycles. The lowest BCUT2D eigenvalue weighted by Crippen LogP contribution is -2.26. The Labute approximate surface area is 208 Å². The number of rotatable bonds is 10. The second kappa shape index (κ2) is 12.3. The Bertz CT molecular complexity index is 1170. The third-order valence-electron chi connectivity index (χ3n) is 5.28. The minimum atomic E-state index is -0.0209. The minimum absolute atomic E-state index is 0.00285. The number of carbonyl (C=O) groups excluding carboxylic acids is 1. The summed E-state index contributed by atoms with van der Waals surface area (Å²) in [5.74, 6) is 0.700. The molecule has 174 valence electrons. The van der Waals surface area contributed by atoms with Crippen LogP contribution in [-0.2, 0) is 24.7 Å². The predicted molar refractivity (Wildman–Crippen MR) is 137 cm³/mol. The summed E-state index contributed by atoms with van der Waals surface area (Å²) in [5, 5.41) is 4.80. The first kappa shape index (κ1) is 25.3. The molecule has 0 aliphatic rings. The molecule has 1 heterocycles. The van der Waals surface area contributed by atoms with E-state index in [4.69, 9.17) is 23.2 Å². The minimum Gasteiger partial charge on any atom is -0.356 e. The van der Waals surface area contributed by atoms with Crippen molar-refractivity contribution in [1.82, 2.24) is 14.9 Å². The van der Waals surface area contributed by atoms with Crippen LogP contribution in [0.1, 0.15) is 35.2 Å². The highest BCUT2D eigenvalue weighted by molar-refractivity contribution is 7.99. The fraction of sp³-hybridized carbons (Fsp3) is 0.320. The number of nitrogens with zero attached hydrogens (tertiary/aromatic N) is 2. The molecule has 0 aliphatic carbocycles. The quantitative estimate of drug-likeness (QED) is 0.234. The molecule has 0 saturated carbocycles. The van der Waals surface area contributed by atoms with Crippen LogP contribution in [0.15, 0.2) is 58.5 Å². The van der Waals surface area contributed by atoms with Crippen LogP contribution >= 0.6 is 35.0 Å². The van der Waals surface area contributed by atoms with Gasteiger partial charge in [-0.1, -0.05) is 71.4 Å². The van der Waals surface area contributed by atoms with Gasteiger partial charge in [0.05, 0.1) is 0 Å². The molecule has 0 unspecified atom stereocenters.